The maximum atomic E-state index is 14.1. The summed E-state index contributed by atoms with van der Waals surface area (Å²) in [6.07, 6.45) is 1.35. The molecule has 0 saturated heterocycles. The molecule has 2 rings (SSSR count). The maximum absolute atomic E-state index is 14.1. The van der Waals surface area contributed by atoms with Gasteiger partial charge in [-0.2, -0.15) is 0 Å². The minimum atomic E-state index is -4.00. The fraction of sp³-hybridized carbons (Fsp3) is 0.350. The van der Waals surface area contributed by atoms with E-state index in [1.54, 1.807) is 18.2 Å². The number of hydrogen-bond acceptors (Lipinski definition) is 5. The van der Waals surface area contributed by atoms with Crippen molar-refractivity contribution in [3.8, 4) is 11.5 Å². The number of hydrogen-bond donors (Lipinski definition) is 1. The number of ether oxygens (including phenoxy) is 2. The molecule has 0 unspecified atom stereocenters. The topological polar surface area (TPSA) is 84.9 Å². The van der Waals surface area contributed by atoms with Gasteiger partial charge < -0.3 is 14.8 Å². The van der Waals surface area contributed by atoms with Gasteiger partial charge in [-0.1, -0.05) is 13.0 Å². The van der Waals surface area contributed by atoms with Crippen molar-refractivity contribution in [2.24, 2.45) is 0 Å². The van der Waals surface area contributed by atoms with Gasteiger partial charge in [0.05, 0.1) is 32.2 Å². The lowest BCUT2D eigenvalue weighted by Crippen LogP contribution is -2.41. The average molecular weight is 442 g/mol. The van der Waals surface area contributed by atoms with E-state index in [1.807, 2.05) is 6.92 Å². The van der Waals surface area contributed by atoms with Crippen LogP contribution in [0.5, 0.6) is 11.5 Å². The summed E-state index contributed by atoms with van der Waals surface area (Å²) in [4.78, 5) is 12.6. The molecule has 2 aromatic carbocycles. The molecule has 164 valence electrons. The summed E-state index contributed by atoms with van der Waals surface area (Å²) in [5.74, 6) is -1.58. The maximum Gasteiger partial charge on any atom is 0.241 e. The van der Waals surface area contributed by atoms with Crippen LogP contribution in [-0.2, 0) is 14.8 Å². The standard InChI is InChI=1S/C20H24F2N2O5S/c1-5-16(13-6-9-18(28-2)19(10-13)29-3)23-20(25)12-24(30(4,26)27)17-8-7-14(21)11-15(17)22/h6-11,16H,5,12H2,1-4H3,(H,23,25)/t16-/m0/s1. The van der Waals surface area contributed by atoms with Crippen LogP contribution in [0.3, 0.4) is 0 Å². The van der Waals surface area contributed by atoms with Crippen LogP contribution in [0.15, 0.2) is 36.4 Å². The summed E-state index contributed by atoms with van der Waals surface area (Å²) in [5, 5.41) is 2.74. The van der Waals surface area contributed by atoms with Gasteiger partial charge in [0.15, 0.2) is 11.5 Å². The molecule has 30 heavy (non-hydrogen) atoms. The second-order valence-electron chi connectivity index (χ2n) is 6.51. The van der Waals surface area contributed by atoms with E-state index in [1.165, 1.54) is 14.2 Å². The molecule has 10 heteroatoms. The summed E-state index contributed by atoms with van der Waals surface area (Å²) in [6, 6.07) is 7.17. The van der Waals surface area contributed by atoms with E-state index in [0.717, 1.165) is 24.0 Å². The number of benzene rings is 2. The van der Waals surface area contributed by atoms with Crippen molar-refractivity contribution in [2.75, 3.05) is 31.3 Å². The van der Waals surface area contributed by atoms with Gasteiger partial charge >= 0.3 is 0 Å². The third kappa shape index (κ3) is 5.59. The largest absolute Gasteiger partial charge is 0.493 e. The molecule has 0 bridgehead atoms. The Hall–Kier alpha value is -2.88. The number of methoxy groups -OCH3 is 2. The van der Waals surface area contributed by atoms with Gasteiger partial charge in [0.25, 0.3) is 0 Å². The molecule has 1 N–H and O–H groups in total. The lowest BCUT2D eigenvalue weighted by Gasteiger charge is -2.24. The van der Waals surface area contributed by atoms with Crippen LogP contribution < -0.4 is 19.1 Å². The van der Waals surface area contributed by atoms with Gasteiger partial charge in [-0.25, -0.2) is 17.2 Å². The van der Waals surface area contributed by atoms with Crippen molar-refractivity contribution in [1.29, 1.82) is 0 Å². The van der Waals surface area contributed by atoms with Crippen molar-refractivity contribution in [3.05, 3.63) is 53.6 Å². The third-order valence-electron chi connectivity index (χ3n) is 4.42. The number of carbonyl (C=O) groups excluding carboxylic acids is 1. The van der Waals surface area contributed by atoms with E-state index in [0.29, 0.717) is 28.3 Å². The van der Waals surface area contributed by atoms with Gasteiger partial charge in [-0.15, -0.1) is 0 Å². The molecule has 1 amide bonds. The van der Waals surface area contributed by atoms with Crippen molar-refractivity contribution in [2.45, 2.75) is 19.4 Å². The lowest BCUT2D eigenvalue weighted by atomic mass is 10.0. The molecule has 0 fully saturated rings. The number of rotatable bonds is 9. The molecule has 0 heterocycles. The summed E-state index contributed by atoms with van der Waals surface area (Å²) < 4.78 is 62.7. The second-order valence-corrected chi connectivity index (χ2v) is 8.41. The molecule has 0 saturated carbocycles. The molecule has 7 nitrogen and oxygen atoms in total. The van der Waals surface area contributed by atoms with Gasteiger partial charge in [-0.05, 0) is 36.2 Å². The summed E-state index contributed by atoms with van der Waals surface area (Å²) in [6.45, 7) is 1.18. The zero-order chi connectivity index (χ0) is 22.5. The summed E-state index contributed by atoms with van der Waals surface area (Å²) >= 11 is 0. The van der Waals surface area contributed by atoms with Crippen LogP contribution >= 0.6 is 0 Å². The Labute approximate surface area is 174 Å². The van der Waals surface area contributed by atoms with Crippen molar-refractivity contribution < 1.29 is 31.5 Å². The Morgan fingerprint density at radius 1 is 1.10 bits per heavy atom. The van der Waals surface area contributed by atoms with Crippen LogP contribution in [0.1, 0.15) is 24.9 Å². The lowest BCUT2D eigenvalue weighted by molar-refractivity contribution is -0.120. The zero-order valence-corrected chi connectivity index (χ0v) is 17.9. The van der Waals surface area contributed by atoms with Crippen LogP contribution in [0.4, 0.5) is 14.5 Å². The highest BCUT2D eigenvalue weighted by Gasteiger charge is 2.25. The first-order chi connectivity index (χ1) is 14.1. The van der Waals surface area contributed by atoms with Crippen molar-refractivity contribution in [3.63, 3.8) is 0 Å². The minimum absolute atomic E-state index is 0.409. The Kier molecular flexibility index (Phi) is 7.60. The normalized spacial score (nSPS) is 12.2. The predicted octanol–water partition coefficient (Wildman–Crippen LogP) is 3.02. The molecule has 1 atom stereocenters. The van der Waals surface area contributed by atoms with Gasteiger partial charge in [0.2, 0.25) is 15.9 Å². The van der Waals surface area contributed by atoms with Crippen LogP contribution in [0, 0.1) is 11.6 Å². The van der Waals surface area contributed by atoms with E-state index in [2.05, 4.69) is 5.32 Å². The highest BCUT2D eigenvalue weighted by Crippen LogP contribution is 2.31. The van der Waals surface area contributed by atoms with E-state index in [9.17, 15) is 22.0 Å². The Morgan fingerprint density at radius 2 is 1.77 bits per heavy atom. The number of sulfonamides is 1. The highest BCUT2D eigenvalue weighted by atomic mass is 32.2. The first-order valence-electron chi connectivity index (χ1n) is 9.04. The number of nitrogens with one attached hydrogen (secondary N) is 1. The van der Waals surface area contributed by atoms with E-state index in [4.69, 9.17) is 9.47 Å². The third-order valence-corrected chi connectivity index (χ3v) is 5.55. The van der Waals surface area contributed by atoms with E-state index in [-0.39, 0.29) is 0 Å². The molecule has 0 aliphatic carbocycles. The Balaban J connectivity index is 2.25. The monoisotopic (exact) mass is 442 g/mol. The summed E-state index contributed by atoms with van der Waals surface area (Å²) in [5.41, 5.74) is 0.315. The van der Waals surface area contributed by atoms with Gasteiger partial charge in [0, 0.05) is 6.07 Å². The quantitative estimate of drug-likeness (QED) is 0.645. The fourth-order valence-corrected chi connectivity index (χ4v) is 3.78. The van der Waals surface area contributed by atoms with E-state index < -0.39 is 45.8 Å². The highest BCUT2D eigenvalue weighted by molar-refractivity contribution is 7.92. The van der Waals surface area contributed by atoms with E-state index >= 15 is 0 Å². The smallest absolute Gasteiger partial charge is 0.241 e. The average Bonchev–Trinajstić information content (AvgIpc) is 2.69. The number of halogens is 2. The minimum Gasteiger partial charge on any atom is -0.493 e. The molecule has 2 aromatic rings. The molecule has 0 spiro atoms. The van der Waals surface area contributed by atoms with Gasteiger partial charge in [-0.3, -0.25) is 9.10 Å². The molecule has 0 aromatic heterocycles. The number of amides is 1. The SMILES string of the molecule is CC[C@H](NC(=O)CN(c1ccc(F)cc1F)S(C)(=O)=O)c1ccc(OC)c(OC)c1. The van der Waals surface area contributed by atoms with Gasteiger partial charge in [0.1, 0.15) is 18.2 Å². The first kappa shape index (κ1) is 23.4. The van der Waals surface area contributed by atoms with Crippen molar-refractivity contribution in [1.82, 2.24) is 5.32 Å². The van der Waals surface area contributed by atoms with Crippen LogP contribution in [-0.4, -0.2) is 41.3 Å². The number of anilines is 1. The fourth-order valence-electron chi connectivity index (χ4n) is 2.93. The molecule has 0 aliphatic heterocycles. The molecular formula is C20H24F2N2O5S. The number of nitrogens with zero attached hydrogens (tertiary/aromatic N) is 1. The number of carbonyl (C=O) groups is 1. The molecule has 0 radical (unpaired) electrons. The van der Waals surface area contributed by atoms with Crippen LogP contribution in [0.2, 0.25) is 0 Å². The van der Waals surface area contributed by atoms with Crippen LogP contribution in [0.25, 0.3) is 0 Å². The summed E-state index contributed by atoms with van der Waals surface area (Å²) in [7, 11) is -1.01. The zero-order valence-electron chi connectivity index (χ0n) is 17.1. The first-order valence-corrected chi connectivity index (χ1v) is 10.9. The second kappa shape index (κ2) is 9.75. The Bertz CT molecular complexity index is 1010. The molecular weight excluding hydrogens is 418 g/mol. The predicted molar refractivity (Wildman–Crippen MR) is 109 cm³/mol. The van der Waals surface area contributed by atoms with Crippen molar-refractivity contribution >= 4 is 21.6 Å². The Morgan fingerprint density at radius 3 is 2.30 bits per heavy atom. The molecule has 0 aliphatic rings.